The summed E-state index contributed by atoms with van der Waals surface area (Å²) >= 11 is 0. The first-order valence-corrected chi connectivity index (χ1v) is 6.05. The molecule has 2 heterocycles. The Hall–Kier alpha value is -1.14. The van der Waals surface area contributed by atoms with Gasteiger partial charge in [0.25, 0.3) is 0 Å². The summed E-state index contributed by atoms with van der Waals surface area (Å²) in [5, 5.41) is 5.92. The van der Waals surface area contributed by atoms with Crippen molar-refractivity contribution in [3.8, 4) is 0 Å². The normalized spacial score (nSPS) is 32.5. The highest BCUT2D eigenvalue weighted by molar-refractivity contribution is 5.83. The fourth-order valence-electron chi connectivity index (χ4n) is 2.16. The van der Waals surface area contributed by atoms with E-state index in [2.05, 4.69) is 10.6 Å². The first-order chi connectivity index (χ1) is 8.20. The van der Waals surface area contributed by atoms with Crippen molar-refractivity contribution in [1.29, 1.82) is 0 Å². The molecule has 2 fully saturated rings. The van der Waals surface area contributed by atoms with Gasteiger partial charge in [-0.2, -0.15) is 0 Å². The third kappa shape index (κ3) is 2.95. The summed E-state index contributed by atoms with van der Waals surface area (Å²) in [6, 6.07) is -0.509. The third-order valence-corrected chi connectivity index (χ3v) is 3.00. The van der Waals surface area contributed by atoms with Crippen LogP contribution in [-0.2, 0) is 19.1 Å². The number of ether oxygens (including phenoxy) is 2. The molecule has 3 atom stereocenters. The molecule has 0 aromatic heterocycles. The molecule has 0 aromatic carbocycles. The topological polar surface area (TPSA) is 76.7 Å². The Balaban J connectivity index is 1.87. The number of esters is 1. The second kappa shape index (κ2) is 5.46. The van der Waals surface area contributed by atoms with Gasteiger partial charge in [0.15, 0.2) is 0 Å². The Morgan fingerprint density at radius 2 is 2.47 bits per heavy atom. The van der Waals surface area contributed by atoms with Crippen LogP contribution in [0.3, 0.4) is 0 Å². The molecule has 96 valence electrons. The van der Waals surface area contributed by atoms with Gasteiger partial charge in [0.05, 0.1) is 12.5 Å². The maximum Gasteiger partial charge on any atom is 0.310 e. The zero-order valence-electron chi connectivity index (χ0n) is 9.90. The van der Waals surface area contributed by atoms with Gasteiger partial charge in [0.2, 0.25) is 12.2 Å². The molecular weight excluding hydrogens is 224 g/mol. The van der Waals surface area contributed by atoms with Crippen molar-refractivity contribution in [2.24, 2.45) is 0 Å². The van der Waals surface area contributed by atoms with E-state index in [0.717, 1.165) is 19.4 Å². The highest BCUT2D eigenvalue weighted by Gasteiger charge is 2.37. The van der Waals surface area contributed by atoms with Crippen molar-refractivity contribution >= 4 is 11.9 Å². The zero-order valence-corrected chi connectivity index (χ0v) is 9.90. The van der Waals surface area contributed by atoms with Crippen LogP contribution in [0.2, 0.25) is 0 Å². The maximum atomic E-state index is 11.9. The van der Waals surface area contributed by atoms with Crippen molar-refractivity contribution in [3.63, 3.8) is 0 Å². The summed E-state index contributed by atoms with van der Waals surface area (Å²) in [4.78, 5) is 23.0. The van der Waals surface area contributed by atoms with Crippen LogP contribution in [0.1, 0.15) is 26.2 Å². The van der Waals surface area contributed by atoms with E-state index in [9.17, 15) is 9.59 Å². The van der Waals surface area contributed by atoms with Crippen LogP contribution < -0.4 is 10.6 Å². The number of nitrogens with one attached hydrogen (secondary N) is 2. The van der Waals surface area contributed by atoms with Gasteiger partial charge in [-0.15, -0.1) is 0 Å². The van der Waals surface area contributed by atoms with E-state index in [1.807, 2.05) is 6.92 Å². The molecule has 0 aromatic rings. The number of hydrogen-bond acceptors (Lipinski definition) is 5. The molecular formula is C11H18N2O4. The molecule has 2 aliphatic rings. The molecule has 0 aliphatic carbocycles. The van der Waals surface area contributed by atoms with E-state index in [0.29, 0.717) is 6.61 Å². The molecule has 2 aliphatic heterocycles. The van der Waals surface area contributed by atoms with Crippen LogP contribution in [0.4, 0.5) is 0 Å². The monoisotopic (exact) mass is 242 g/mol. The lowest BCUT2D eigenvalue weighted by Crippen LogP contribution is -2.48. The Kier molecular flexibility index (Phi) is 3.96. The van der Waals surface area contributed by atoms with Gasteiger partial charge in [-0.3, -0.25) is 9.59 Å². The molecule has 0 bridgehead atoms. The van der Waals surface area contributed by atoms with Gasteiger partial charge in [0.1, 0.15) is 6.04 Å². The van der Waals surface area contributed by atoms with Crippen LogP contribution in [0.5, 0.6) is 0 Å². The van der Waals surface area contributed by atoms with E-state index in [1.54, 1.807) is 0 Å². The first-order valence-electron chi connectivity index (χ1n) is 6.05. The van der Waals surface area contributed by atoms with Gasteiger partial charge in [-0.25, -0.2) is 0 Å². The maximum absolute atomic E-state index is 11.9. The number of rotatable bonds is 4. The summed E-state index contributed by atoms with van der Waals surface area (Å²) in [6.07, 6.45) is 1.39. The quantitative estimate of drug-likeness (QED) is 0.652. The minimum absolute atomic E-state index is 0.0736. The molecule has 6 heteroatoms. The van der Waals surface area contributed by atoms with Crippen molar-refractivity contribution in [2.75, 3.05) is 13.2 Å². The van der Waals surface area contributed by atoms with Gasteiger partial charge in [0, 0.05) is 6.61 Å². The van der Waals surface area contributed by atoms with Crippen LogP contribution >= 0.6 is 0 Å². The molecule has 2 N–H and O–H groups in total. The van der Waals surface area contributed by atoms with Crippen LogP contribution in [0.15, 0.2) is 0 Å². The molecule has 2 saturated heterocycles. The lowest BCUT2D eigenvalue weighted by atomic mass is 10.2. The second-order valence-electron chi connectivity index (χ2n) is 4.28. The number of carbonyl (C=O) groups excluding carboxylic acids is 2. The van der Waals surface area contributed by atoms with E-state index in [1.165, 1.54) is 0 Å². The smallest absolute Gasteiger partial charge is 0.310 e. The Labute approximate surface area is 100 Å². The van der Waals surface area contributed by atoms with Crippen molar-refractivity contribution < 1.29 is 19.1 Å². The second-order valence-corrected chi connectivity index (χ2v) is 4.28. The summed E-state index contributed by atoms with van der Waals surface area (Å²) in [6.45, 7) is 3.14. The molecule has 0 saturated carbocycles. The van der Waals surface area contributed by atoms with Crippen molar-refractivity contribution in [1.82, 2.24) is 10.6 Å². The zero-order chi connectivity index (χ0) is 12.3. The minimum atomic E-state index is -0.641. The fourth-order valence-corrected chi connectivity index (χ4v) is 2.16. The number of carbonyl (C=O) groups is 2. The summed E-state index contributed by atoms with van der Waals surface area (Å²) in [5.41, 5.74) is 0. The lowest BCUT2D eigenvalue weighted by molar-refractivity contribution is -0.164. The average molecular weight is 242 g/mol. The summed E-state index contributed by atoms with van der Waals surface area (Å²) < 4.78 is 10.3. The van der Waals surface area contributed by atoms with Crippen LogP contribution in [0, 0.1) is 0 Å². The Morgan fingerprint density at radius 3 is 3.12 bits per heavy atom. The minimum Gasteiger partial charge on any atom is -0.433 e. The number of hydrogen-bond donors (Lipinski definition) is 2. The molecule has 2 rings (SSSR count). The predicted molar refractivity (Wildman–Crippen MR) is 59.1 cm³/mol. The van der Waals surface area contributed by atoms with Crippen LogP contribution in [-0.4, -0.2) is 43.4 Å². The predicted octanol–water partition coefficient (Wildman–Crippen LogP) is -0.467. The molecule has 0 spiro atoms. The van der Waals surface area contributed by atoms with Crippen molar-refractivity contribution in [2.45, 2.75) is 44.6 Å². The largest absolute Gasteiger partial charge is 0.433 e. The summed E-state index contributed by atoms with van der Waals surface area (Å²) in [5.74, 6) is -0.399. The first kappa shape index (κ1) is 12.3. The molecule has 0 radical (unpaired) electrons. The van der Waals surface area contributed by atoms with E-state index >= 15 is 0 Å². The Morgan fingerprint density at radius 1 is 1.65 bits per heavy atom. The van der Waals surface area contributed by atoms with Gasteiger partial charge >= 0.3 is 5.97 Å². The lowest BCUT2D eigenvalue weighted by Gasteiger charge is -2.20. The van der Waals surface area contributed by atoms with Crippen LogP contribution in [0.25, 0.3) is 0 Å². The molecule has 17 heavy (non-hydrogen) atoms. The van der Waals surface area contributed by atoms with Gasteiger partial charge in [-0.05, 0) is 26.3 Å². The number of amides is 1. The Bertz CT molecular complexity index is 302. The highest BCUT2D eigenvalue weighted by Crippen LogP contribution is 2.17. The average Bonchev–Trinajstić information content (AvgIpc) is 2.89. The van der Waals surface area contributed by atoms with Gasteiger partial charge < -0.3 is 20.1 Å². The van der Waals surface area contributed by atoms with E-state index in [-0.39, 0.29) is 30.4 Å². The van der Waals surface area contributed by atoms with E-state index < -0.39 is 6.29 Å². The number of cyclic esters (lactones) is 1. The highest BCUT2D eigenvalue weighted by atomic mass is 16.7. The third-order valence-electron chi connectivity index (χ3n) is 3.00. The summed E-state index contributed by atoms with van der Waals surface area (Å²) in [7, 11) is 0. The fraction of sp³-hybridized carbons (Fsp3) is 0.818. The molecule has 1 amide bonds. The molecule has 6 nitrogen and oxygen atoms in total. The van der Waals surface area contributed by atoms with Gasteiger partial charge in [-0.1, -0.05) is 0 Å². The standard InChI is InChI=1S/C11H18N2O4/c1-2-16-11-8(6-9(14)17-11)13-10(15)7-4-3-5-12-7/h7-8,11-12H,2-6H2,1H3,(H,13,15)/t7-,8?,11?/m0/s1. The van der Waals surface area contributed by atoms with Crippen molar-refractivity contribution in [3.05, 3.63) is 0 Å². The van der Waals surface area contributed by atoms with E-state index in [4.69, 9.17) is 9.47 Å². The SMILES string of the molecule is CCOC1OC(=O)CC1NC(=O)[C@@H]1CCCN1. The molecule has 2 unspecified atom stereocenters.